The minimum absolute atomic E-state index is 0.107. The monoisotopic (exact) mass is 225 g/mol. The minimum Gasteiger partial charge on any atom is -0.373 e. The molecule has 1 N–H and O–H groups in total. The lowest BCUT2D eigenvalue weighted by molar-refractivity contribution is -0.129. The van der Waals surface area contributed by atoms with Gasteiger partial charge in [0, 0.05) is 24.4 Å². The second kappa shape index (κ2) is 4.77. The van der Waals surface area contributed by atoms with Crippen LogP contribution in [0.25, 0.3) is 0 Å². The normalized spacial score (nSPS) is 26.2. The van der Waals surface area contributed by atoms with Gasteiger partial charge in [0.25, 0.3) is 0 Å². The first-order valence-corrected chi connectivity index (χ1v) is 6.06. The van der Waals surface area contributed by atoms with Crippen LogP contribution in [0.1, 0.15) is 23.8 Å². The smallest absolute Gasteiger partial charge is 0.223 e. The lowest BCUT2D eigenvalue weighted by Gasteiger charge is -2.27. The van der Waals surface area contributed by atoms with Crippen LogP contribution in [0.2, 0.25) is 0 Å². The van der Waals surface area contributed by atoms with E-state index in [1.807, 2.05) is 11.4 Å². The highest BCUT2D eigenvalue weighted by Gasteiger charge is 2.28. The number of thiophene rings is 1. The Hall–Kier alpha value is -0.870. The fourth-order valence-corrected chi connectivity index (χ4v) is 2.70. The molecule has 1 aromatic heterocycles. The van der Waals surface area contributed by atoms with E-state index in [4.69, 9.17) is 4.74 Å². The maximum atomic E-state index is 11.5. The average molecular weight is 225 g/mol. The molecule has 1 aliphatic heterocycles. The minimum atomic E-state index is 0.107. The molecule has 4 heteroatoms. The second-order valence-electron chi connectivity index (χ2n) is 3.71. The first kappa shape index (κ1) is 10.6. The van der Waals surface area contributed by atoms with Crippen molar-refractivity contribution < 1.29 is 9.53 Å². The third kappa shape index (κ3) is 2.38. The number of nitrogens with one attached hydrogen (secondary N) is 1. The Bertz CT molecular complexity index is 323. The fourth-order valence-electron chi connectivity index (χ4n) is 1.91. The van der Waals surface area contributed by atoms with Gasteiger partial charge in [0.05, 0.1) is 6.10 Å². The van der Waals surface area contributed by atoms with Crippen molar-refractivity contribution in [2.75, 3.05) is 13.7 Å². The maximum absolute atomic E-state index is 11.5. The lowest BCUT2D eigenvalue weighted by atomic mass is 9.94. The van der Waals surface area contributed by atoms with Crippen LogP contribution in [0.4, 0.5) is 0 Å². The van der Waals surface area contributed by atoms with E-state index >= 15 is 0 Å². The Kier molecular flexibility index (Phi) is 3.38. The molecule has 82 valence electrons. The van der Waals surface area contributed by atoms with Crippen molar-refractivity contribution >= 4 is 17.2 Å². The molecule has 1 fully saturated rings. The molecular weight excluding hydrogens is 210 g/mol. The molecule has 15 heavy (non-hydrogen) atoms. The van der Waals surface area contributed by atoms with E-state index in [2.05, 4.69) is 11.4 Å². The van der Waals surface area contributed by atoms with Gasteiger partial charge in [0.15, 0.2) is 0 Å². The highest BCUT2D eigenvalue weighted by molar-refractivity contribution is 7.10. The highest BCUT2D eigenvalue weighted by atomic mass is 32.1. The third-order valence-corrected chi connectivity index (χ3v) is 3.73. The van der Waals surface area contributed by atoms with E-state index in [1.165, 1.54) is 4.88 Å². The predicted molar refractivity (Wildman–Crippen MR) is 59.8 cm³/mol. The fraction of sp³-hybridized carbons (Fsp3) is 0.545. The van der Waals surface area contributed by atoms with E-state index in [0.29, 0.717) is 6.61 Å². The zero-order chi connectivity index (χ0) is 10.7. The van der Waals surface area contributed by atoms with Crippen LogP contribution in [-0.2, 0) is 9.53 Å². The molecule has 0 bridgehead atoms. The predicted octanol–water partition coefficient (Wildman–Crippen LogP) is 1.96. The second-order valence-corrected chi connectivity index (χ2v) is 4.69. The Morgan fingerprint density at radius 1 is 1.67 bits per heavy atom. The Morgan fingerprint density at radius 2 is 2.53 bits per heavy atom. The summed E-state index contributed by atoms with van der Waals surface area (Å²) in [4.78, 5) is 12.7. The van der Waals surface area contributed by atoms with Gasteiger partial charge in [0.1, 0.15) is 0 Å². The van der Waals surface area contributed by atoms with Crippen LogP contribution in [-0.4, -0.2) is 19.6 Å². The molecule has 1 aliphatic rings. The van der Waals surface area contributed by atoms with E-state index in [0.717, 1.165) is 12.8 Å². The van der Waals surface area contributed by atoms with Gasteiger partial charge in [-0.25, -0.2) is 0 Å². The van der Waals surface area contributed by atoms with Gasteiger partial charge >= 0.3 is 0 Å². The van der Waals surface area contributed by atoms with Crippen LogP contribution in [0.5, 0.6) is 0 Å². The number of ether oxygens (including phenoxy) is 1. The SMILES string of the molecule is CNC(=O)[C@H]1CCO[C@@H](c2cccs2)C1. The van der Waals surface area contributed by atoms with Gasteiger partial charge in [-0.05, 0) is 24.3 Å². The first-order chi connectivity index (χ1) is 7.31. The Morgan fingerprint density at radius 3 is 3.20 bits per heavy atom. The van der Waals surface area contributed by atoms with Crippen molar-refractivity contribution in [2.45, 2.75) is 18.9 Å². The van der Waals surface area contributed by atoms with Crippen LogP contribution < -0.4 is 5.32 Å². The summed E-state index contributed by atoms with van der Waals surface area (Å²) < 4.78 is 5.68. The van der Waals surface area contributed by atoms with Gasteiger partial charge in [-0.1, -0.05) is 6.07 Å². The molecule has 0 saturated carbocycles. The van der Waals surface area contributed by atoms with E-state index in [1.54, 1.807) is 18.4 Å². The molecule has 2 heterocycles. The molecule has 0 unspecified atom stereocenters. The number of hydrogen-bond donors (Lipinski definition) is 1. The Balaban J connectivity index is 2.01. The van der Waals surface area contributed by atoms with Gasteiger partial charge in [0.2, 0.25) is 5.91 Å². The molecule has 3 nitrogen and oxygen atoms in total. The number of rotatable bonds is 2. The summed E-state index contributed by atoms with van der Waals surface area (Å²) >= 11 is 1.69. The molecule has 2 rings (SSSR count). The quantitative estimate of drug-likeness (QED) is 0.835. The molecular formula is C11H15NO2S. The van der Waals surface area contributed by atoms with E-state index < -0.39 is 0 Å². The van der Waals surface area contributed by atoms with Crippen LogP contribution in [0.3, 0.4) is 0 Å². The van der Waals surface area contributed by atoms with Crippen LogP contribution in [0.15, 0.2) is 17.5 Å². The molecule has 0 aliphatic carbocycles. The molecule has 0 spiro atoms. The average Bonchev–Trinajstić information content (AvgIpc) is 2.82. The van der Waals surface area contributed by atoms with Crippen molar-refractivity contribution in [1.29, 1.82) is 0 Å². The summed E-state index contributed by atoms with van der Waals surface area (Å²) in [6.07, 6.45) is 1.75. The van der Waals surface area contributed by atoms with Crippen molar-refractivity contribution in [2.24, 2.45) is 5.92 Å². The topological polar surface area (TPSA) is 38.3 Å². The molecule has 2 atom stereocenters. The first-order valence-electron chi connectivity index (χ1n) is 5.18. The highest BCUT2D eigenvalue weighted by Crippen LogP contribution is 2.33. The molecule has 1 amide bonds. The van der Waals surface area contributed by atoms with Gasteiger partial charge in [-0.2, -0.15) is 0 Å². The lowest BCUT2D eigenvalue weighted by Crippen LogP contribution is -2.32. The van der Waals surface area contributed by atoms with Crippen molar-refractivity contribution in [3.63, 3.8) is 0 Å². The van der Waals surface area contributed by atoms with Crippen LogP contribution in [0, 0.1) is 5.92 Å². The molecule has 1 aromatic rings. The van der Waals surface area contributed by atoms with Crippen molar-refractivity contribution in [3.05, 3.63) is 22.4 Å². The summed E-state index contributed by atoms with van der Waals surface area (Å²) in [5, 5.41) is 4.75. The number of hydrogen-bond acceptors (Lipinski definition) is 3. The maximum Gasteiger partial charge on any atom is 0.223 e. The zero-order valence-corrected chi connectivity index (χ0v) is 9.55. The number of amides is 1. The number of carbonyl (C=O) groups is 1. The van der Waals surface area contributed by atoms with Crippen molar-refractivity contribution in [1.82, 2.24) is 5.32 Å². The zero-order valence-electron chi connectivity index (χ0n) is 8.73. The number of carbonyl (C=O) groups excluding carboxylic acids is 1. The standard InChI is InChI=1S/C11H15NO2S/c1-12-11(13)8-4-5-14-9(7-8)10-3-2-6-15-10/h2-3,6,8-9H,4-5,7H2,1H3,(H,12,13)/t8-,9+/m0/s1. The van der Waals surface area contributed by atoms with Crippen molar-refractivity contribution in [3.8, 4) is 0 Å². The molecule has 0 radical (unpaired) electrons. The summed E-state index contributed by atoms with van der Waals surface area (Å²) in [5.74, 6) is 0.246. The molecule has 1 saturated heterocycles. The van der Waals surface area contributed by atoms with Crippen LogP contribution >= 0.6 is 11.3 Å². The third-order valence-electron chi connectivity index (χ3n) is 2.76. The Labute approximate surface area is 93.4 Å². The van der Waals surface area contributed by atoms with Gasteiger partial charge in [-0.3, -0.25) is 4.79 Å². The summed E-state index contributed by atoms with van der Waals surface area (Å²) in [5.41, 5.74) is 0. The summed E-state index contributed by atoms with van der Waals surface area (Å²) in [6, 6.07) is 4.09. The van der Waals surface area contributed by atoms with Gasteiger partial charge in [-0.15, -0.1) is 11.3 Å². The molecule has 0 aromatic carbocycles. The van der Waals surface area contributed by atoms with Gasteiger partial charge < -0.3 is 10.1 Å². The van der Waals surface area contributed by atoms with E-state index in [9.17, 15) is 4.79 Å². The largest absolute Gasteiger partial charge is 0.373 e. The van der Waals surface area contributed by atoms with E-state index in [-0.39, 0.29) is 17.9 Å². The summed E-state index contributed by atoms with van der Waals surface area (Å²) in [7, 11) is 1.69. The summed E-state index contributed by atoms with van der Waals surface area (Å²) in [6.45, 7) is 0.681.